The van der Waals surface area contributed by atoms with Gasteiger partial charge in [-0.2, -0.15) is 0 Å². The summed E-state index contributed by atoms with van der Waals surface area (Å²) in [6, 6.07) is 3.33. The van der Waals surface area contributed by atoms with Crippen LogP contribution in [0.5, 0.6) is 5.75 Å². The SMILES string of the molecule is C=CCCOc1cc(C)c(S(=O)(=O)Cl)cc1C(C)C. The summed E-state index contributed by atoms with van der Waals surface area (Å²) >= 11 is 0. The molecule has 0 radical (unpaired) electrons. The van der Waals surface area contributed by atoms with E-state index in [0.29, 0.717) is 17.9 Å². The molecule has 1 aromatic rings. The Hall–Kier alpha value is -1.00. The lowest BCUT2D eigenvalue weighted by Gasteiger charge is -2.16. The Kier molecular flexibility index (Phi) is 5.44. The molecular formula is C14H19ClO3S. The van der Waals surface area contributed by atoms with E-state index in [1.165, 1.54) is 0 Å². The molecule has 0 atom stereocenters. The number of benzene rings is 1. The fourth-order valence-corrected chi connectivity index (χ4v) is 2.98. The van der Waals surface area contributed by atoms with Gasteiger partial charge in [0.2, 0.25) is 0 Å². The Bertz CT molecular complexity index is 562. The predicted molar refractivity (Wildman–Crippen MR) is 78.6 cm³/mol. The molecule has 5 heteroatoms. The third-order valence-electron chi connectivity index (χ3n) is 2.77. The second-order valence-electron chi connectivity index (χ2n) is 4.67. The van der Waals surface area contributed by atoms with Crippen molar-refractivity contribution >= 4 is 19.7 Å². The van der Waals surface area contributed by atoms with Gasteiger partial charge in [0.1, 0.15) is 5.75 Å². The lowest BCUT2D eigenvalue weighted by Crippen LogP contribution is -2.04. The van der Waals surface area contributed by atoms with E-state index in [2.05, 4.69) is 6.58 Å². The molecule has 19 heavy (non-hydrogen) atoms. The van der Waals surface area contributed by atoms with Gasteiger partial charge < -0.3 is 4.74 Å². The molecule has 1 aromatic carbocycles. The van der Waals surface area contributed by atoms with Gasteiger partial charge in [-0.1, -0.05) is 19.9 Å². The van der Waals surface area contributed by atoms with E-state index >= 15 is 0 Å². The van der Waals surface area contributed by atoms with Crippen molar-refractivity contribution in [3.8, 4) is 5.75 Å². The van der Waals surface area contributed by atoms with Crippen molar-refractivity contribution in [2.45, 2.75) is 38.0 Å². The molecule has 106 valence electrons. The third kappa shape index (κ3) is 4.25. The Morgan fingerprint density at radius 2 is 2.05 bits per heavy atom. The van der Waals surface area contributed by atoms with Crippen LogP contribution in [0, 0.1) is 6.92 Å². The van der Waals surface area contributed by atoms with Gasteiger partial charge in [-0.3, -0.25) is 0 Å². The van der Waals surface area contributed by atoms with Gasteiger partial charge in [-0.15, -0.1) is 6.58 Å². The highest BCUT2D eigenvalue weighted by molar-refractivity contribution is 8.13. The van der Waals surface area contributed by atoms with E-state index < -0.39 is 9.05 Å². The molecule has 0 saturated heterocycles. The van der Waals surface area contributed by atoms with Crippen LogP contribution in [0.4, 0.5) is 0 Å². The fourth-order valence-electron chi connectivity index (χ4n) is 1.77. The summed E-state index contributed by atoms with van der Waals surface area (Å²) in [6.07, 6.45) is 2.52. The molecule has 1 rings (SSSR count). The number of hydrogen-bond acceptors (Lipinski definition) is 3. The predicted octanol–water partition coefficient (Wildman–Crippen LogP) is 4.00. The summed E-state index contributed by atoms with van der Waals surface area (Å²) in [5.41, 5.74) is 1.43. The van der Waals surface area contributed by atoms with Crippen LogP contribution >= 0.6 is 10.7 Å². The van der Waals surface area contributed by atoms with Gasteiger partial charge in [0.15, 0.2) is 0 Å². The van der Waals surface area contributed by atoms with Gasteiger partial charge in [-0.25, -0.2) is 8.42 Å². The Balaban J connectivity index is 3.25. The standard InChI is InChI=1S/C14H19ClO3S/c1-5-6-7-18-13-8-11(4)14(19(15,16)17)9-12(13)10(2)3/h5,8-10H,1,6-7H2,2-4H3. The molecule has 0 bridgehead atoms. The number of ether oxygens (including phenoxy) is 1. The zero-order valence-electron chi connectivity index (χ0n) is 11.4. The molecule has 0 saturated carbocycles. The van der Waals surface area contributed by atoms with E-state index in [1.54, 1.807) is 25.1 Å². The van der Waals surface area contributed by atoms with Crippen molar-refractivity contribution in [2.24, 2.45) is 0 Å². The highest BCUT2D eigenvalue weighted by Gasteiger charge is 2.18. The molecule has 0 unspecified atom stereocenters. The van der Waals surface area contributed by atoms with E-state index in [1.807, 2.05) is 13.8 Å². The minimum absolute atomic E-state index is 0.147. The van der Waals surface area contributed by atoms with Crippen molar-refractivity contribution in [1.82, 2.24) is 0 Å². The van der Waals surface area contributed by atoms with Gasteiger partial charge >= 0.3 is 0 Å². The summed E-state index contributed by atoms with van der Waals surface area (Å²) in [7, 11) is 1.71. The smallest absolute Gasteiger partial charge is 0.261 e. The fraction of sp³-hybridized carbons (Fsp3) is 0.429. The van der Waals surface area contributed by atoms with Crippen molar-refractivity contribution in [2.75, 3.05) is 6.61 Å². The molecule has 0 amide bonds. The Morgan fingerprint density at radius 1 is 1.42 bits per heavy atom. The van der Waals surface area contributed by atoms with Crippen LogP contribution in [0.25, 0.3) is 0 Å². The van der Waals surface area contributed by atoms with Crippen LogP contribution in [0.2, 0.25) is 0 Å². The maximum Gasteiger partial charge on any atom is 0.261 e. The highest BCUT2D eigenvalue weighted by atomic mass is 35.7. The van der Waals surface area contributed by atoms with E-state index in [9.17, 15) is 8.42 Å². The highest BCUT2D eigenvalue weighted by Crippen LogP contribution is 2.33. The summed E-state index contributed by atoms with van der Waals surface area (Å²) in [5.74, 6) is 0.856. The second-order valence-corrected chi connectivity index (χ2v) is 7.21. The van der Waals surface area contributed by atoms with Gasteiger partial charge in [-0.05, 0) is 42.5 Å². The van der Waals surface area contributed by atoms with E-state index in [4.69, 9.17) is 15.4 Å². The Morgan fingerprint density at radius 3 is 2.53 bits per heavy atom. The van der Waals surface area contributed by atoms with Gasteiger partial charge in [0.05, 0.1) is 11.5 Å². The van der Waals surface area contributed by atoms with Crippen LogP contribution in [-0.4, -0.2) is 15.0 Å². The molecule has 0 aliphatic heterocycles. The van der Waals surface area contributed by atoms with Gasteiger partial charge in [0, 0.05) is 10.7 Å². The first-order valence-corrected chi connectivity index (χ1v) is 8.41. The van der Waals surface area contributed by atoms with Crippen molar-refractivity contribution in [1.29, 1.82) is 0 Å². The molecule has 0 N–H and O–H groups in total. The monoisotopic (exact) mass is 302 g/mol. The van der Waals surface area contributed by atoms with Crippen LogP contribution in [0.1, 0.15) is 37.3 Å². The first-order chi connectivity index (χ1) is 8.77. The van der Waals surface area contributed by atoms with Crippen LogP contribution in [-0.2, 0) is 9.05 Å². The van der Waals surface area contributed by atoms with Crippen LogP contribution < -0.4 is 4.74 Å². The largest absolute Gasteiger partial charge is 0.493 e. The van der Waals surface area contributed by atoms with Crippen LogP contribution in [0.3, 0.4) is 0 Å². The third-order valence-corrected chi connectivity index (χ3v) is 4.24. The molecule has 0 spiro atoms. The van der Waals surface area contributed by atoms with Crippen LogP contribution in [0.15, 0.2) is 29.7 Å². The zero-order valence-corrected chi connectivity index (χ0v) is 13.0. The summed E-state index contributed by atoms with van der Waals surface area (Å²) < 4.78 is 28.7. The zero-order chi connectivity index (χ0) is 14.6. The first kappa shape index (κ1) is 16.1. The lowest BCUT2D eigenvalue weighted by atomic mass is 10.0. The summed E-state index contributed by atoms with van der Waals surface area (Å²) in [6.45, 7) is 9.83. The van der Waals surface area contributed by atoms with E-state index in [0.717, 1.165) is 12.0 Å². The number of rotatable bonds is 6. The molecule has 3 nitrogen and oxygen atoms in total. The topological polar surface area (TPSA) is 43.4 Å². The number of aryl methyl sites for hydroxylation is 1. The maximum absolute atomic E-state index is 11.5. The first-order valence-electron chi connectivity index (χ1n) is 6.10. The molecule has 0 aliphatic carbocycles. The van der Waals surface area contributed by atoms with E-state index in [-0.39, 0.29) is 10.8 Å². The summed E-state index contributed by atoms with van der Waals surface area (Å²) in [5, 5.41) is 0. The molecule has 0 aliphatic rings. The lowest BCUT2D eigenvalue weighted by molar-refractivity contribution is 0.320. The average Bonchev–Trinajstić information content (AvgIpc) is 2.27. The average molecular weight is 303 g/mol. The minimum atomic E-state index is -3.73. The summed E-state index contributed by atoms with van der Waals surface area (Å²) in [4.78, 5) is 0.147. The molecule has 0 fully saturated rings. The van der Waals surface area contributed by atoms with Crippen molar-refractivity contribution in [3.63, 3.8) is 0 Å². The number of halogens is 1. The quantitative estimate of drug-likeness (QED) is 0.453. The second kappa shape index (κ2) is 6.44. The minimum Gasteiger partial charge on any atom is -0.493 e. The maximum atomic E-state index is 11.5. The van der Waals surface area contributed by atoms with Gasteiger partial charge in [0.25, 0.3) is 9.05 Å². The molecule has 0 aromatic heterocycles. The van der Waals surface area contributed by atoms with Crippen molar-refractivity contribution < 1.29 is 13.2 Å². The normalized spacial score (nSPS) is 11.6. The number of hydrogen-bond donors (Lipinski definition) is 0. The van der Waals surface area contributed by atoms with Crippen molar-refractivity contribution in [3.05, 3.63) is 35.9 Å². The Labute approximate surface area is 119 Å². The molecule has 0 heterocycles. The molecular weight excluding hydrogens is 284 g/mol.